The first-order valence-electron chi connectivity index (χ1n) is 11.1. The number of nitrogens with one attached hydrogen (secondary N) is 1. The van der Waals surface area contributed by atoms with Gasteiger partial charge in [-0.05, 0) is 25.2 Å². The topological polar surface area (TPSA) is 247 Å². The number of piperidine rings is 1. The lowest BCUT2D eigenvalue weighted by Crippen LogP contribution is -2.57. The molecule has 1 saturated heterocycles. The van der Waals surface area contributed by atoms with Gasteiger partial charge in [-0.25, -0.2) is 4.68 Å². The standard InChI is InChI=1S/C20H30N8O7S/c1-9(2)5-11(17(21)32)24-20(35)12-6-10(3-4-27(12)13(29)7-36-8-14(30)31)28-16(19(23)34)15(18(22)33)25-26-28/h9-12H,3-8H2,1-2H3,(H2,21,32)(H2,22,33)(H2,23,34)(H,24,35)(H,30,31)/t10-,11+,12+/m0/s1. The van der Waals surface area contributed by atoms with E-state index < -0.39 is 59.3 Å². The molecule has 1 fully saturated rings. The van der Waals surface area contributed by atoms with E-state index in [9.17, 15) is 28.8 Å². The molecule has 1 aromatic rings. The predicted octanol–water partition coefficient (Wildman–Crippen LogP) is -2.16. The summed E-state index contributed by atoms with van der Waals surface area (Å²) in [6.45, 7) is 3.73. The van der Waals surface area contributed by atoms with Crippen molar-refractivity contribution in [2.24, 2.45) is 23.1 Å². The summed E-state index contributed by atoms with van der Waals surface area (Å²) in [5, 5.41) is 18.9. The lowest BCUT2D eigenvalue weighted by molar-refractivity contribution is -0.142. The minimum Gasteiger partial charge on any atom is -0.481 e. The Morgan fingerprint density at radius 2 is 1.78 bits per heavy atom. The Morgan fingerprint density at radius 1 is 1.11 bits per heavy atom. The first kappa shape index (κ1) is 28.5. The lowest BCUT2D eigenvalue weighted by Gasteiger charge is -2.39. The molecule has 2 heterocycles. The molecule has 0 saturated carbocycles. The number of thioether (sulfide) groups is 1. The monoisotopic (exact) mass is 526 g/mol. The van der Waals surface area contributed by atoms with Gasteiger partial charge in [-0.2, -0.15) is 0 Å². The summed E-state index contributed by atoms with van der Waals surface area (Å²) in [6, 6.07) is -2.76. The van der Waals surface area contributed by atoms with E-state index in [1.54, 1.807) is 0 Å². The van der Waals surface area contributed by atoms with Gasteiger partial charge in [-0.1, -0.05) is 19.1 Å². The smallest absolute Gasteiger partial charge is 0.313 e. The van der Waals surface area contributed by atoms with Crippen LogP contribution in [-0.2, 0) is 19.2 Å². The summed E-state index contributed by atoms with van der Waals surface area (Å²) >= 11 is 0.877. The van der Waals surface area contributed by atoms with Gasteiger partial charge in [0.05, 0.1) is 17.5 Å². The molecule has 1 aromatic heterocycles. The molecule has 3 atom stereocenters. The van der Waals surface area contributed by atoms with Crippen LogP contribution >= 0.6 is 11.8 Å². The van der Waals surface area contributed by atoms with Crippen molar-refractivity contribution in [2.75, 3.05) is 18.1 Å². The molecule has 0 radical (unpaired) electrons. The van der Waals surface area contributed by atoms with Crippen molar-refractivity contribution in [3.05, 3.63) is 11.4 Å². The summed E-state index contributed by atoms with van der Waals surface area (Å²) in [5.74, 6) is -5.42. The summed E-state index contributed by atoms with van der Waals surface area (Å²) in [4.78, 5) is 73.8. The summed E-state index contributed by atoms with van der Waals surface area (Å²) in [5.41, 5.74) is 15.4. The van der Waals surface area contributed by atoms with Crippen LogP contribution in [0.25, 0.3) is 0 Å². The van der Waals surface area contributed by atoms with E-state index in [0.717, 1.165) is 16.4 Å². The average molecular weight is 527 g/mol. The zero-order valence-electron chi connectivity index (χ0n) is 19.9. The van der Waals surface area contributed by atoms with Crippen LogP contribution in [0.2, 0.25) is 0 Å². The van der Waals surface area contributed by atoms with Crippen LogP contribution in [0.4, 0.5) is 0 Å². The molecule has 5 amide bonds. The van der Waals surface area contributed by atoms with Crippen LogP contribution in [0, 0.1) is 5.92 Å². The fourth-order valence-corrected chi connectivity index (χ4v) is 4.57. The van der Waals surface area contributed by atoms with Gasteiger partial charge in [0.2, 0.25) is 17.7 Å². The molecule has 0 spiro atoms. The van der Waals surface area contributed by atoms with Crippen molar-refractivity contribution in [1.29, 1.82) is 0 Å². The second-order valence-electron chi connectivity index (χ2n) is 8.72. The van der Waals surface area contributed by atoms with Crippen LogP contribution in [0.5, 0.6) is 0 Å². The molecule has 16 heteroatoms. The quantitative estimate of drug-likeness (QED) is 0.197. The Hall–Kier alpha value is -3.69. The Balaban J connectivity index is 2.35. The van der Waals surface area contributed by atoms with Crippen LogP contribution < -0.4 is 22.5 Å². The maximum absolute atomic E-state index is 13.3. The molecule has 0 bridgehead atoms. The normalized spacial score (nSPS) is 18.5. The summed E-state index contributed by atoms with van der Waals surface area (Å²) in [6.07, 6.45) is 0.429. The Kier molecular flexibility index (Phi) is 9.77. The number of carboxylic acid groups (broad SMARTS) is 1. The van der Waals surface area contributed by atoms with Gasteiger partial charge in [0.25, 0.3) is 11.8 Å². The Morgan fingerprint density at radius 3 is 2.31 bits per heavy atom. The van der Waals surface area contributed by atoms with Gasteiger partial charge in [0.15, 0.2) is 11.4 Å². The fourth-order valence-electron chi connectivity index (χ4n) is 3.95. The van der Waals surface area contributed by atoms with Crippen molar-refractivity contribution < 1.29 is 33.9 Å². The number of rotatable bonds is 12. The molecule has 15 nitrogen and oxygen atoms in total. The minimum atomic E-state index is -1.11. The lowest BCUT2D eigenvalue weighted by atomic mass is 9.95. The van der Waals surface area contributed by atoms with Gasteiger partial charge >= 0.3 is 5.97 Å². The third kappa shape index (κ3) is 7.16. The number of hydrogen-bond acceptors (Lipinski definition) is 9. The van der Waals surface area contributed by atoms with E-state index in [1.165, 1.54) is 4.90 Å². The van der Waals surface area contributed by atoms with E-state index in [4.69, 9.17) is 22.3 Å². The van der Waals surface area contributed by atoms with Gasteiger partial charge in [0.1, 0.15) is 12.1 Å². The number of carbonyl (C=O) groups is 6. The average Bonchev–Trinajstić information content (AvgIpc) is 3.23. The van der Waals surface area contributed by atoms with E-state index in [-0.39, 0.29) is 48.9 Å². The van der Waals surface area contributed by atoms with E-state index in [0.29, 0.717) is 0 Å². The van der Waals surface area contributed by atoms with Gasteiger partial charge in [-0.15, -0.1) is 16.9 Å². The number of aliphatic carboxylic acids is 1. The molecule has 36 heavy (non-hydrogen) atoms. The maximum Gasteiger partial charge on any atom is 0.313 e. The number of likely N-dealkylation sites (tertiary alicyclic amines) is 1. The van der Waals surface area contributed by atoms with Crippen molar-refractivity contribution in [3.63, 3.8) is 0 Å². The number of amides is 5. The Bertz CT molecular complexity index is 1040. The molecule has 8 N–H and O–H groups in total. The zero-order valence-corrected chi connectivity index (χ0v) is 20.7. The van der Waals surface area contributed by atoms with Gasteiger partial charge in [-0.3, -0.25) is 28.8 Å². The van der Waals surface area contributed by atoms with Crippen LogP contribution in [0.1, 0.15) is 60.1 Å². The van der Waals surface area contributed by atoms with Crippen LogP contribution in [0.3, 0.4) is 0 Å². The van der Waals surface area contributed by atoms with Crippen molar-refractivity contribution in [1.82, 2.24) is 25.2 Å². The third-order valence-corrected chi connectivity index (χ3v) is 6.43. The highest BCUT2D eigenvalue weighted by Gasteiger charge is 2.40. The molecule has 0 aromatic carbocycles. The molecule has 1 aliphatic rings. The number of primary amides is 3. The fraction of sp³-hybridized carbons (Fsp3) is 0.600. The SMILES string of the molecule is CC(C)C[C@@H](NC(=O)[C@H]1C[C@@H](n2nnc(C(N)=O)c2C(N)=O)CCN1C(=O)CSCC(=O)O)C(N)=O. The second kappa shape index (κ2) is 12.3. The predicted molar refractivity (Wildman–Crippen MR) is 126 cm³/mol. The second-order valence-corrected chi connectivity index (χ2v) is 9.71. The summed E-state index contributed by atoms with van der Waals surface area (Å²) < 4.78 is 1.11. The molecular weight excluding hydrogens is 496 g/mol. The molecule has 0 aliphatic carbocycles. The van der Waals surface area contributed by atoms with Crippen LogP contribution in [-0.4, -0.2) is 90.6 Å². The number of aromatic nitrogens is 3. The first-order valence-corrected chi connectivity index (χ1v) is 12.2. The molecule has 2 rings (SSSR count). The van der Waals surface area contributed by atoms with Crippen LogP contribution in [0.15, 0.2) is 0 Å². The summed E-state index contributed by atoms with van der Waals surface area (Å²) in [7, 11) is 0. The van der Waals surface area contributed by atoms with Crippen molar-refractivity contribution in [3.8, 4) is 0 Å². The molecular formula is C20H30N8O7S. The number of carboxylic acids is 1. The number of hydrogen-bond donors (Lipinski definition) is 5. The van der Waals surface area contributed by atoms with E-state index >= 15 is 0 Å². The maximum atomic E-state index is 13.3. The first-order chi connectivity index (χ1) is 16.8. The molecule has 1 aliphatic heterocycles. The third-order valence-electron chi connectivity index (χ3n) is 5.52. The highest BCUT2D eigenvalue weighted by Crippen LogP contribution is 2.29. The number of nitrogens with two attached hydrogens (primary N) is 3. The van der Waals surface area contributed by atoms with E-state index in [2.05, 4.69) is 15.6 Å². The molecule has 198 valence electrons. The number of nitrogens with zero attached hydrogens (tertiary/aromatic N) is 4. The minimum absolute atomic E-state index is 0.0323. The highest BCUT2D eigenvalue weighted by atomic mass is 32.2. The Labute approximate surface area is 210 Å². The van der Waals surface area contributed by atoms with Crippen molar-refractivity contribution >= 4 is 47.3 Å². The zero-order chi connectivity index (χ0) is 27.2. The van der Waals surface area contributed by atoms with Gasteiger partial charge < -0.3 is 32.5 Å². The molecule has 0 unspecified atom stereocenters. The van der Waals surface area contributed by atoms with Gasteiger partial charge in [0, 0.05) is 6.54 Å². The largest absolute Gasteiger partial charge is 0.481 e. The number of carbonyl (C=O) groups excluding carboxylic acids is 5. The highest BCUT2D eigenvalue weighted by molar-refractivity contribution is 8.00. The van der Waals surface area contributed by atoms with E-state index in [1.807, 2.05) is 13.8 Å². The van der Waals surface area contributed by atoms with Crippen molar-refractivity contribution in [2.45, 2.75) is 51.2 Å².